The molecule has 1 saturated carbocycles. The number of nitrogens with zero attached hydrogens (tertiary/aromatic N) is 4. The molecule has 2 unspecified atom stereocenters. The largest absolute Gasteiger partial charge is 0.481 e. The predicted molar refractivity (Wildman–Crippen MR) is 72.0 cm³/mol. The molecule has 106 valence electrons. The molecule has 1 fully saturated rings. The monoisotopic (exact) mass is 284 g/mol. The molecule has 1 aliphatic rings. The molecule has 0 bridgehead atoms. The first-order chi connectivity index (χ1) is 9.09. The van der Waals surface area contributed by atoms with Crippen molar-refractivity contribution in [1.82, 2.24) is 20.2 Å². The van der Waals surface area contributed by atoms with Crippen LogP contribution in [0.2, 0.25) is 0 Å². The first kappa shape index (κ1) is 14.3. The number of tetrazole rings is 1. The van der Waals surface area contributed by atoms with Crippen LogP contribution >= 0.6 is 11.8 Å². The van der Waals surface area contributed by atoms with Gasteiger partial charge >= 0.3 is 5.97 Å². The fourth-order valence-electron chi connectivity index (χ4n) is 2.84. The molecule has 0 amide bonds. The Morgan fingerprint density at radius 3 is 2.89 bits per heavy atom. The van der Waals surface area contributed by atoms with Crippen molar-refractivity contribution in [2.24, 2.45) is 11.8 Å². The second-order valence-electron chi connectivity index (χ2n) is 5.35. The van der Waals surface area contributed by atoms with Gasteiger partial charge in [-0.05, 0) is 35.1 Å². The average molecular weight is 284 g/mol. The van der Waals surface area contributed by atoms with Crippen molar-refractivity contribution in [3.05, 3.63) is 0 Å². The summed E-state index contributed by atoms with van der Waals surface area (Å²) in [6, 6.07) is 0.306. The first-order valence-corrected chi connectivity index (χ1v) is 7.70. The van der Waals surface area contributed by atoms with Gasteiger partial charge in [0.15, 0.2) is 0 Å². The maximum Gasteiger partial charge on any atom is 0.313 e. The summed E-state index contributed by atoms with van der Waals surface area (Å²) >= 11 is 1.20. The number of hydrogen-bond donors (Lipinski definition) is 1. The third kappa shape index (κ3) is 3.46. The van der Waals surface area contributed by atoms with Gasteiger partial charge in [-0.2, -0.15) is 0 Å². The Hall–Kier alpha value is -1.11. The minimum atomic E-state index is -0.844. The summed E-state index contributed by atoms with van der Waals surface area (Å²) in [6.07, 6.45) is 4.73. The summed E-state index contributed by atoms with van der Waals surface area (Å²) in [5.41, 5.74) is 0. The van der Waals surface area contributed by atoms with E-state index in [0.29, 0.717) is 23.0 Å². The normalized spacial score (nSPS) is 23.7. The lowest BCUT2D eigenvalue weighted by atomic mass is 9.78. The zero-order valence-corrected chi connectivity index (χ0v) is 12.1. The molecule has 0 aliphatic heterocycles. The number of carbonyl (C=O) groups is 1. The molecule has 2 atom stereocenters. The van der Waals surface area contributed by atoms with E-state index < -0.39 is 5.97 Å². The van der Waals surface area contributed by atoms with Crippen LogP contribution in [0.3, 0.4) is 0 Å². The summed E-state index contributed by atoms with van der Waals surface area (Å²) in [5, 5.41) is 21.1. The van der Waals surface area contributed by atoms with E-state index in [4.69, 9.17) is 5.11 Å². The van der Waals surface area contributed by atoms with E-state index in [1.165, 1.54) is 31.0 Å². The Morgan fingerprint density at radius 1 is 1.47 bits per heavy atom. The van der Waals surface area contributed by atoms with Crippen LogP contribution in [-0.2, 0) is 4.79 Å². The summed E-state index contributed by atoms with van der Waals surface area (Å²) in [5.74, 6) is 0.316. The molecule has 0 spiro atoms. The molecule has 0 aromatic carbocycles. The van der Waals surface area contributed by atoms with Crippen LogP contribution < -0.4 is 0 Å². The number of carboxylic acids is 1. The van der Waals surface area contributed by atoms with E-state index in [-0.39, 0.29) is 5.75 Å². The highest BCUT2D eigenvalue weighted by Crippen LogP contribution is 2.39. The minimum Gasteiger partial charge on any atom is -0.481 e. The topological polar surface area (TPSA) is 80.9 Å². The van der Waals surface area contributed by atoms with E-state index in [2.05, 4.69) is 29.4 Å². The van der Waals surface area contributed by atoms with Crippen molar-refractivity contribution >= 4 is 17.7 Å². The van der Waals surface area contributed by atoms with Crippen molar-refractivity contribution in [1.29, 1.82) is 0 Å². The Morgan fingerprint density at radius 2 is 2.21 bits per heavy atom. The van der Waals surface area contributed by atoms with Gasteiger partial charge in [-0.25, -0.2) is 4.68 Å². The van der Waals surface area contributed by atoms with Crippen molar-refractivity contribution in [3.8, 4) is 0 Å². The van der Waals surface area contributed by atoms with Gasteiger partial charge in [0, 0.05) is 0 Å². The molecule has 2 rings (SSSR count). The van der Waals surface area contributed by atoms with E-state index in [1.807, 2.05) is 4.68 Å². The highest BCUT2D eigenvalue weighted by Gasteiger charge is 2.31. The standard InChI is InChI=1S/C12H20N4O2S/c1-8(2)9-5-3-4-6-10(9)16-12(13-14-15-16)19-7-11(17)18/h8-10H,3-7H2,1-2H3,(H,17,18). The summed E-state index contributed by atoms with van der Waals surface area (Å²) < 4.78 is 1.84. The Bertz CT molecular complexity index is 435. The zero-order chi connectivity index (χ0) is 13.8. The lowest BCUT2D eigenvalue weighted by Gasteiger charge is -2.34. The Kier molecular flexibility index (Phi) is 4.79. The summed E-state index contributed by atoms with van der Waals surface area (Å²) in [7, 11) is 0. The Labute approximate surface area is 117 Å². The van der Waals surface area contributed by atoms with Crippen molar-refractivity contribution in [2.75, 3.05) is 5.75 Å². The molecule has 1 heterocycles. The highest BCUT2D eigenvalue weighted by molar-refractivity contribution is 7.99. The van der Waals surface area contributed by atoms with Crippen LogP contribution in [0.1, 0.15) is 45.6 Å². The lowest BCUT2D eigenvalue weighted by Crippen LogP contribution is -2.28. The first-order valence-electron chi connectivity index (χ1n) is 6.72. The van der Waals surface area contributed by atoms with Gasteiger partial charge in [-0.1, -0.05) is 38.5 Å². The van der Waals surface area contributed by atoms with Crippen LogP contribution in [0, 0.1) is 11.8 Å². The van der Waals surface area contributed by atoms with Gasteiger partial charge in [-0.3, -0.25) is 4.79 Å². The number of carboxylic acid groups (broad SMARTS) is 1. The molecule has 1 aromatic rings. The smallest absolute Gasteiger partial charge is 0.313 e. The van der Waals surface area contributed by atoms with Crippen LogP contribution in [0.15, 0.2) is 5.16 Å². The van der Waals surface area contributed by atoms with Gasteiger partial charge < -0.3 is 5.11 Å². The third-order valence-electron chi connectivity index (χ3n) is 3.74. The summed E-state index contributed by atoms with van der Waals surface area (Å²) in [6.45, 7) is 4.47. The van der Waals surface area contributed by atoms with Crippen LogP contribution in [0.25, 0.3) is 0 Å². The molecule has 7 heteroatoms. The van der Waals surface area contributed by atoms with Crippen LogP contribution in [-0.4, -0.2) is 37.0 Å². The number of thioether (sulfide) groups is 1. The van der Waals surface area contributed by atoms with Gasteiger partial charge in [0.25, 0.3) is 0 Å². The van der Waals surface area contributed by atoms with Crippen molar-refractivity contribution in [2.45, 2.75) is 50.7 Å². The molecule has 1 N–H and O–H groups in total. The highest BCUT2D eigenvalue weighted by atomic mass is 32.2. The fourth-order valence-corrected chi connectivity index (χ4v) is 3.49. The SMILES string of the molecule is CC(C)C1CCCCC1n1nnnc1SCC(=O)O. The number of aromatic nitrogens is 4. The number of aliphatic carboxylic acids is 1. The Balaban J connectivity index is 2.15. The molecule has 0 saturated heterocycles. The fraction of sp³-hybridized carbons (Fsp3) is 0.833. The maximum absolute atomic E-state index is 10.7. The molecule has 0 radical (unpaired) electrons. The quantitative estimate of drug-likeness (QED) is 0.835. The maximum atomic E-state index is 10.7. The molecule has 1 aliphatic carbocycles. The van der Waals surface area contributed by atoms with Gasteiger partial charge in [0.1, 0.15) is 0 Å². The number of rotatable bonds is 5. The van der Waals surface area contributed by atoms with Gasteiger partial charge in [-0.15, -0.1) is 5.10 Å². The second kappa shape index (κ2) is 6.36. The summed E-state index contributed by atoms with van der Waals surface area (Å²) in [4.78, 5) is 10.7. The predicted octanol–water partition coefficient (Wildman–Crippen LogP) is 2.24. The van der Waals surface area contributed by atoms with E-state index in [0.717, 1.165) is 6.42 Å². The second-order valence-corrected chi connectivity index (χ2v) is 6.29. The van der Waals surface area contributed by atoms with Gasteiger partial charge in [0.2, 0.25) is 5.16 Å². The van der Waals surface area contributed by atoms with Crippen molar-refractivity contribution < 1.29 is 9.90 Å². The lowest BCUT2D eigenvalue weighted by molar-refractivity contribution is -0.133. The average Bonchev–Trinajstić information content (AvgIpc) is 2.84. The minimum absolute atomic E-state index is 0.000557. The van der Waals surface area contributed by atoms with E-state index in [9.17, 15) is 4.79 Å². The molecular formula is C12H20N4O2S. The van der Waals surface area contributed by atoms with Gasteiger partial charge in [0.05, 0.1) is 11.8 Å². The third-order valence-corrected chi connectivity index (χ3v) is 4.66. The number of hydrogen-bond acceptors (Lipinski definition) is 5. The molecular weight excluding hydrogens is 264 g/mol. The molecule has 19 heavy (non-hydrogen) atoms. The van der Waals surface area contributed by atoms with Crippen molar-refractivity contribution in [3.63, 3.8) is 0 Å². The van der Waals surface area contributed by atoms with Crippen LogP contribution in [0.5, 0.6) is 0 Å². The van der Waals surface area contributed by atoms with E-state index in [1.54, 1.807) is 0 Å². The molecule has 1 aromatic heterocycles. The molecule has 6 nitrogen and oxygen atoms in total. The van der Waals surface area contributed by atoms with Crippen LogP contribution in [0.4, 0.5) is 0 Å². The zero-order valence-electron chi connectivity index (χ0n) is 11.3. The van der Waals surface area contributed by atoms with E-state index >= 15 is 0 Å².